The Balaban J connectivity index is 1.85. The zero-order valence-electron chi connectivity index (χ0n) is 12.7. The molecule has 0 radical (unpaired) electrons. The SMILES string of the molecule is O=C(NC1CCC(C(=O)O)CC1)NC(CO)c1cccc(Br)c1. The summed E-state index contributed by atoms with van der Waals surface area (Å²) in [4.78, 5) is 23.0. The Labute approximate surface area is 143 Å². The number of aliphatic hydroxyl groups excluding tert-OH is 1. The average molecular weight is 385 g/mol. The molecule has 4 N–H and O–H groups in total. The van der Waals surface area contributed by atoms with Crippen LogP contribution in [-0.2, 0) is 4.79 Å². The predicted molar refractivity (Wildman–Crippen MR) is 89.0 cm³/mol. The number of carbonyl (C=O) groups is 2. The lowest BCUT2D eigenvalue weighted by Crippen LogP contribution is -2.45. The molecule has 23 heavy (non-hydrogen) atoms. The van der Waals surface area contributed by atoms with Gasteiger partial charge in [-0.15, -0.1) is 0 Å². The minimum Gasteiger partial charge on any atom is -0.481 e. The van der Waals surface area contributed by atoms with Gasteiger partial charge in [0, 0.05) is 10.5 Å². The van der Waals surface area contributed by atoms with Gasteiger partial charge in [0.1, 0.15) is 0 Å². The van der Waals surface area contributed by atoms with Crippen LogP contribution in [0.4, 0.5) is 4.79 Å². The monoisotopic (exact) mass is 384 g/mol. The molecule has 1 atom stereocenters. The van der Waals surface area contributed by atoms with Crippen LogP contribution in [0.15, 0.2) is 28.7 Å². The van der Waals surface area contributed by atoms with Gasteiger partial charge in [0.15, 0.2) is 0 Å². The van der Waals surface area contributed by atoms with Crippen molar-refractivity contribution in [2.45, 2.75) is 37.8 Å². The number of carboxylic acid groups (broad SMARTS) is 1. The first-order valence-electron chi connectivity index (χ1n) is 7.65. The van der Waals surface area contributed by atoms with Gasteiger partial charge in [-0.25, -0.2) is 4.79 Å². The van der Waals surface area contributed by atoms with Gasteiger partial charge >= 0.3 is 12.0 Å². The van der Waals surface area contributed by atoms with Crippen molar-refractivity contribution in [2.75, 3.05) is 6.61 Å². The summed E-state index contributed by atoms with van der Waals surface area (Å²) in [6, 6.07) is 6.55. The third kappa shape index (κ3) is 5.21. The van der Waals surface area contributed by atoms with Gasteiger partial charge in [0.2, 0.25) is 0 Å². The van der Waals surface area contributed by atoms with E-state index in [0.717, 1.165) is 10.0 Å². The van der Waals surface area contributed by atoms with Crippen LogP contribution in [0.5, 0.6) is 0 Å². The fourth-order valence-corrected chi connectivity index (χ4v) is 3.24. The van der Waals surface area contributed by atoms with Crippen molar-refractivity contribution in [3.63, 3.8) is 0 Å². The molecule has 2 amide bonds. The van der Waals surface area contributed by atoms with Crippen molar-refractivity contribution in [1.29, 1.82) is 0 Å². The number of rotatable bonds is 5. The molecule has 0 spiro atoms. The molecule has 0 saturated heterocycles. The highest BCUT2D eigenvalue weighted by atomic mass is 79.9. The number of aliphatic carboxylic acids is 1. The maximum atomic E-state index is 12.1. The van der Waals surface area contributed by atoms with Crippen LogP contribution in [0.1, 0.15) is 37.3 Å². The van der Waals surface area contributed by atoms with E-state index in [0.29, 0.717) is 25.7 Å². The van der Waals surface area contributed by atoms with Crippen molar-refractivity contribution in [3.05, 3.63) is 34.3 Å². The van der Waals surface area contributed by atoms with Crippen LogP contribution in [0.3, 0.4) is 0 Å². The highest BCUT2D eigenvalue weighted by molar-refractivity contribution is 9.10. The number of hydrogen-bond donors (Lipinski definition) is 4. The van der Waals surface area contributed by atoms with Crippen LogP contribution in [-0.4, -0.2) is 34.9 Å². The van der Waals surface area contributed by atoms with Crippen molar-refractivity contribution in [1.82, 2.24) is 10.6 Å². The standard InChI is InChI=1S/C16H21BrN2O4/c17-12-3-1-2-11(8-12)14(9-20)19-16(23)18-13-6-4-10(5-7-13)15(21)22/h1-3,8,10,13-14,20H,4-7,9H2,(H,21,22)(H2,18,19,23). The van der Waals surface area contributed by atoms with Gasteiger partial charge in [-0.05, 0) is 43.4 Å². The molecule has 0 aliphatic heterocycles. The largest absolute Gasteiger partial charge is 0.481 e. The summed E-state index contributed by atoms with van der Waals surface area (Å²) in [7, 11) is 0. The Hall–Kier alpha value is -1.60. The summed E-state index contributed by atoms with van der Waals surface area (Å²) in [6.45, 7) is -0.199. The van der Waals surface area contributed by atoms with E-state index < -0.39 is 12.0 Å². The van der Waals surface area contributed by atoms with E-state index in [1.807, 2.05) is 24.3 Å². The highest BCUT2D eigenvalue weighted by Crippen LogP contribution is 2.24. The predicted octanol–water partition coefficient (Wildman–Crippen LogP) is 2.43. The molecule has 0 bridgehead atoms. The lowest BCUT2D eigenvalue weighted by Gasteiger charge is -2.27. The number of nitrogens with one attached hydrogen (secondary N) is 2. The van der Waals surface area contributed by atoms with Crippen molar-refractivity contribution in [2.24, 2.45) is 5.92 Å². The quantitative estimate of drug-likeness (QED) is 0.626. The van der Waals surface area contributed by atoms with Crippen molar-refractivity contribution < 1.29 is 19.8 Å². The summed E-state index contributed by atoms with van der Waals surface area (Å²) in [5, 5.41) is 24.1. The molecule has 1 unspecified atom stereocenters. The second-order valence-corrected chi connectivity index (χ2v) is 6.71. The number of aliphatic hydroxyl groups is 1. The second kappa shape index (κ2) is 8.31. The average Bonchev–Trinajstić information content (AvgIpc) is 2.53. The fourth-order valence-electron chi connectivity index (χ4n) is 2.83. The third-order valence-electron chi connectivity index (χ3n) is 4.15. The van der Waals surface area contributed by atoms with E-state index in [9.17, 15) is 14.7 Å². The Morgan fingerprint density at radius 2 is 1.96 bits per heavy atom. The van der Waals surface area contributed by atoms with Crippen LogP contribution in [0.2, 0.25) is 0 Å². The third-order valence-corrected chi connectivity index (χ3v) is 4.64. The number of hydrogen-bond acceptors (Lipinski definition) is 3. The molecule has 0 aromatic heterocycles. The normalized spacial score (nSPS) is 22.2. The van der Waals surface area contributed by atoms with E-state index in [1.54, 1.807) is 0 Å². The van der Waals surface area contributed by atoms with E-state index in [1.165, 1.54) is 0 Å². The number of urea groups is 1. The molecule has 1 aliphatic carbocycles. The smallest absolute Gasteiger partial charge is 0.315 e. The minimum atomic E-state index is -0.761. The molecule has 1 fully saturated rings. The van der Waals surface area contributed by atoms with Gasteiger partial charge in [0.25, 0.3) is 0 Å². The zero-order chi connectivity index (χ0) is 16.8. The topological polar surface area (TPSA) is 98.7 Å². The Bertz CT molecular complexity index is 559. The van der Waals surface area contributed by atoms with Crippen LogP contribution >= 0.6 is 15.9 Å². The van der Waals surface area contributed by atoms with E-state index in [4.69, 9.17) is 5.11 Å². The summed E-state index contributed by atoms with van der Waals surface area (Å²) in [5.41, 5.74) is 0.812. The van der Waals surface area contributed by atoms with Crippen LogP contribution in [0.25, 0.3) is 0 Å². The summed E-state index contributed by atoms with van der Waals surface area (Å²) in [5.74, 6) is -1.06. The lowest BCUT2D eigenvalue weighted by atomic mass is 9.86. The molecule has 126 valence electrons. The molecule has 1 saturated carbocycles. The van der Waals surface area contributed by atoms with Gasteiger partial charge < -0.3 is 20.8 Å². The van der Waals surface area contributed by atoms with E-state index >= 15 is 0 Å². The highest BCUT2D eigenvalue weighted by Gasteiger charge is 2.27. The molecule has 0 heterocycles. The van der Waals surface area contributed by atoms with E-state index in [2.05, 4.69) is 26.6 Å². The Kier molecular flexibility index (Phi) is 6.41. The van der Waals surface area contributed by atoms with Gasteiger partial charge in [-0.1, -0.05) is 28.1 Å². The fraction of sp³-hybridized carbons (Fsp3) is 0.500. The molecule has 7 heteroatoms. The van der Waals surface area contributed by atoms with Crippen molar-refractivity contribution >= 4 is 27.9 Å². The molecule has 2 rings (SSSR count). The number of amides is 2. The molecule has 6 nitrogen and oxygen atoms in total. The van der Waals surface area contributed by atoms with Gasteiger partial charge in [-0.2, -0.15) is 0 Å². The molecule has 1 aromatic rings. The van der Waals surface area contributed by atoms with Crippen molar-refractivity contribution in [3.8, 4) is 0 Å². The minimum absolute atomic E-state index is 0.0209. The van der Waals surface area contributed by atoms with Gasteiger partial charge in [-0.3, -0.25) is 4.79 Å². The lowest BCUT2D eigenvalue weighted by molar-refractivity contribution is -0.142. The summed E-state index contributed by atoms with van der Waals surface area (Å²) < 4.78 is 0.877. The summed E-state index contributed by atoms with van der Waals surface area (Å²) in [6.07, 6.45) is 2.47. The first-order chi connectivity index (χ1) is 11.0. The Morgan fingerprint density at radius 3 is 2.52 bits per heavy atom. The Morgan fingerprint density at radius 1 is 1.26 bits per heavy atom. The van der Waals surface area contributed by atoms with Crippen LogP contribution in [0, 0.1) is 5.92 Å². The van der Waals surface area contributed by atoms with Gasteiger partial charge in [0.05, 0.1) is 18.6 Å². The second-order valence-electron chi connectivity index (χ2n) is 5.79. The maximum Gasteiger partial charge on any atom is 0.315 e. The molecule has 1 aromatic carbocycles. The number of halogens is 1. The maximum absolute atomic E-state index is 12.1. The molecular weight excluding hydrogens is 364 g/mol. The number of carbonyl (C=O) groups excluding carboxylic acids is 1. The van der Waals surface area contributed by atoms with Crippen LogP contribution < -0.4 is 10.6 Å². The van der Waals surface area contributed by atoms with E-state index in [-0.39, 0.29) is 24.6 Å². The zero-order valence-corrected chi connectivity index (χ0v) is 14.3. The summed E-state index contributed by atoms with van der Waals surface area (Å²) >= 11 is 3.36. The molecular formula is C16H21BrN2O4. The first kappa shape index (κ1) is 17.7. The molecule has 1 aliphatic rings. The first-order valence-corrected chi connectivity index (χ1v) is 8.45. The number of benzene rings is 1. The number of carboxylic acids is 1.